The van der Waals surface area contributed by atoms with Crippen LogP contribution >= 0.6 is 0 Å². The van der Waals surface area contributed by atoms with Gasteiger partial charge in [-0.1, -0.05) is 12.1 Å². The highest BCUT2D eigenvalue weighted by Gasteiger charge is 2.12. The van der Waals surface area contributed by atoms with Crippen LogP contribution in [0.2, 0.25) is 0 Å². The highest BCUT2D eigenvalue weighted by Crippen LogP contribution is 2.40. The Labute approximate surface area is 131 Å². The van der Waals surface area contributed by atoms with E-state index in [1.807, 2.05) is 0 Å². The minimum atomic E-state index is -0.535. The lowest BCUT2D eigenvalue weighted by Crippen LogP contribution is -1.93. The number of azo groups is 1. The summed E-state index contributed by atoms with van der Waals surface area (Å²) in [7, 11) is 0. The van der Waals surface area contributed by atoms with Gasteiger partial charge in [-0.05, 0) is 36.8 Å². The number of rotatable bonds is 2. The van der Waals surface area contributed by atoms with Gasteiger partial charge in [0.25, 0.3) is 5.91 Å². The number of carbonyl (C=O) groups excluding carboxylic acids is 1. The van der Waals surface area contributed by atoms with E-state index in [0.717, 1.165) is 0 Å². The van der Waals surface area contributed by atoms with Gasteiger partial charge in [0.05, 0.1) is 16.6 Å². The molecule has 0 atom stereocenters. The first kappa shape index (κ1) is 14.6. The lowest BCUT2D eigenvalue weighted by atomic mass is 10.0. The first-order valence-electron chi connectivity index (χ1n) is 6.88. The summed E-state index contributed by atoms with van der Waals surface area (Å²) in [5, 5.41) is 28.6. The molecule has 1 heterocycles. The summed E-state index contributed by atoms with van der Waals surface area (Å²) in [5.41, 5.74) is 1.21. The molecule has 1 amide bonds. The number of benzene rings is 2. The Hall–Kier alpha value is -3.28. The number of phenols is 2. The number of aryl methyl sites for hydroxylation is 1. The van der Waals surface area contributed by atoms with Gasteiger partial charge in [0.1, 0.15) is 11.5 Å². The van der Waals surface area contributed by atoms with Crippen LogP contribution in [0.5, 0.6) is 11.5 Å². The molecule has 0 saturated carbocycles. The van der Waals surface area contributed by atoms with Gasteiger partial charge in [0.15, 0.2) is 0 Å². The molecular formula is C17H13N3O3. The van der Waals surface area contributed by atoms with Gasteiger partial charge < -0.3 is 10.2 Å². The Morgan fingerprint density at radius 2 is 2.00 bits per heavy atom. The number of fused-ring (bicyclic) bond motifs is 1. The number of pyridine rings is 1. The van der Waals surface area contributed by atoms with Crippen LogP contribution in [0.25, 0.3) is 10.8 Å². The zero-order valence-electron chi connectivity index (χ0n) is 12.3. The second kappa shape index (κ2) is 5.84. The van der Waals surface area contributed by atoms with Gasteiger partial charge >= 0.3 is 0 Å². The molecule has 114 valence electrons. The van der Waals surface area contributed by atoms with Crippen molar-refractivity contribution in [2.75, 3.05) is 0 Å². The summed E-state index contributed by atoms with van der Waals surface area (Å²) in [6, 6.07) is 9.56. The molecule has 6 nitrogen and oxygen atoms in total. The second-order valence-corrected chi connectivity index (χ2v) is 5.01. The van der Waals surface area contributed by atoms with Crippen LogP contribution in [0, 0.1) is 6.92 Å². The summed E-state index contributed by atoms with van der Waals surface area (Å²) in [4.78, 5) is 15.8. The molecule has 0 fully saturated rings. The van der Waals surface area contributed by atoms with Gasteiger partial charge in [-0.25, -0.2) is 0 Å². The van der Waals surface area contributed by atoms with Crippen molar-refractivity contribution in [1.82, 2.24) is 4.98 Å². The third kappa shape index (κ3) is 2.74. The van der Waals surface area contributed by atoms with E-state index >= 15 is 0 Å². The Bertz CT molecular complexity index is 921. The molecule has 0 unspecified atom stereocenters. The van der Waals surface area contributed by atoms with Gasteiger partial charge in [-0.15, -0.1) is 10.2 Å². The maximum absolute atomic E-state index is 12.0. The van der Waals surface area contributed by atoms with Crippen molar-refractivity contribution in [3.8, 4) is 11.5 Å². The van der Waals surface area contributed by atoms with Crippen molar-refractivity contribution < 1.29 is 15.0 Å². The molecule has 6 heteroatoms. The average molecular weight is 307 g/mol. The summed E-state index contributed by atoms with van der Waals surface area (Å²) in [6.45, 7) is 1.71. The Morgan fingerprint density at radius 3 is 2.74 bits per heavy atom. The Kier molecular flexibility index (Phi) is 3.72. The first-order chi connectivity index (χ1) is 11.1. The molecule has 2 N–H and O–H groups in total. The zero-order valence-corrected chi connectivity index (χ0v) is 12.3. The lowest BCUT2D eigenvalue weighted by molar-refractivity contribution is 0.0994. The fourth-order valence-corrected chi connectivity index (χ4v) is 2.29. The topological polar surface area (TPSA) is 95.1 Å². The van der Waals surface area contributed by atoms with E-state index in [1.165, 1.54) is 12.3 Å². The fourth-order valence-electron chi connectivity index (χ4n) is 2.29. The molecule has 3 rings (SSSR count). The largest absolute Gasteiger partial charge is 0.507 e. The molecule has 0 saturated heterocycles. The normalized spacial score (nSPS) is 11.2. The van der Waals surface area contributed by atoms with Crippen LogP contribution < -0.4 is 0 Å². The summed E-state index contributed by atoms with van der Waals surface area (Å²) >= 11 is 0. The van der Waals surface area contributed by atoms with E-state index in [1.54, 1.807) is 43.5 Å². The van der Waals surface area contributed by atoms with Crippen LogP contribution in [0.3, 0.4) is 0 Å². The molecule has 1 aromatic heterocycles. The van der Waals surface area contributed by atoms with E-state index in [-0.39, 0.29) is 11.5 Å². The standard InChI is InChI=1S/C17H13N3O3/c1-10-8-13(15-12(16(10)22)5-2-6-14(15)21)19-20-17(23)11-4-3-7-18-9-11/h2-9,21-22H,1H3. The fraction of sp³-hybridized carbons (Fsp3) is 0.0588. The van der Waals surface area contributed by atoms with Crippen LogP contribution in [-0.2, 0) is 0 Å². The number of amides is 1. The van der Waals surface area contributed by atoms with Gasteiger partial charge in [0.2, 0.25) is 0 Å². The molecule has 0 spiro atoms. The number of nitrogens with zero attached hydrogens (tertiary/aromatic N) is 3. The number of hydrogen-bond acceptors (Lipinski definition) is 5. The molecule has 0 bridgehead atoms. The summed E-state index contributed by atoms with van der Waals surface area (Å²) < 4.78 is 0. The molecule has 0 aliphatic carbocycles. The van der Waals surface area contributed by atoms with E-state index in [2.05, 4.69) is 15.2 Å². The van der Waals surface area contributed by atoms with Gasteiger partial charge in [0, 0.05) is 17.8 Å². The number of aromatic hydroxyl groups is 2. The number of aromatic nitrogens is 1. The monoisotopic (exact) mass is 307 g/mol. The van der Waals surface area contributed by atoms with Crippen molar-refractivity contribution in [3.63, 3.8) is 0 Å². The van der Waals surface area contributed by atoms with Crippen molar-refractivity contribution in [2.24, 2.45) is 10.2 Å². The third-order valence-electron chi connectivity index (χ3n) is 3.44. The van der Waals surface area contributed by atoms with E-state index in [9.17, 15) is 15.0 Å². The van der Waals surface area contributed by atoms with Crippen molar-refractivity contribution in [2.45, 2.75) is 6.92 Å². The Morgan fingerprint density at radius 1 is 1.17 bits per heavy atom. The summed E-state index contributed by atoms with van der Waals surface area (Å²) in [5.74, 6) is -0.513. The number of carbonyl (C=O) groups is 1. The van der Waals surface area contributed by atoms with Gasteiger partial charge in [-0.3, -0.25) is 9.78 Å². The average Bonchev–Trinajstić information content (AvgIpc) is 2.57. The molecule has 3 aromatic rings. The molecule has 2 aromatic carbocycles. The maximum Gasteiger partial charge on any atom is 0.296 e. The quantitative estimate of drug-likeness (QED) is 0.702. The predicted octanol–water partition coefficient (Wildman–Crippen LogP) is 3.88. The van der Waals surface area contributed by atoms with Crippen LogP contribution in [-0.4, -0.2) is 21.1 Å². The van der Waals surface area contributed by atoms with E-state index in [4.69, 9.17) is 0 Å². The molecule has 0 aliphatic heterocycles. The number of phenolic OH excluding ortho intramolecular Hbond substituents is 2. The smallest absolute Gasteiger partial charge is 0.296 e. The van der Waals surface area contributed by atoms with Crippen molar-refractivity contribution in [3.05, 3.63) is 59.9 Å². The molecule has 0 aliphatic rings. The molecule has 23 heavy (non-hydrogen) atoms. The van der Waals surface area contributed by atoms with Crippen LogP contribution in [0.15, 0.2) is 59.0 Å². The molecular weight excluding hydrogens is 294 g/mol. The highest BCUT2D eigenvalue weighted by molar-refractivity contribution is 6.02. The van der Waals surface area contributed by atoms with Crippen LogP contribution in [0.1, 0.15) is 15.9 Å². The number of hydrogen-bond donors (Lipinski definition) is 2. The van der Waals surface area contributed by atoms with Gasteiger partial charge in [-0.2, -0.15) is 0 Å². The first-order valence-corrected chi connectivity index (χ1v) is 6.88. The molecule has 0 radical (unpaired) electrons. The highest BCUT2D eigenvalue weighted by atomic mass is 16.3. The lowest BCUT2D eigenvalue weighted by Gasteiger charge is -2.08. The Balaban J connectivity index is 2.09. The van der Waals surface area contributed by atoms with E-state index in [0.29, 0.717) is 27.6 Å². The maximum atomic E-state index is 12.0. The second-order valence-electron chi connectivity index (χ2n) is 5.01. The summed E-state index contributed by atoms with van der Waals surface area (Å²) in [6.07, 6.45) is 2.96. The zero-order chi connectivity index (χ0) is 16.4. The van der Waals surface area contributed by atoms with Crippen molar-refractivity contribution in [1.29, 1.82) is 0 Å². The van der Waals surface area contributed by atoms with Crippen LogP contribution in [0.4, 0.5) is 5.69 Å². The van der Waals surface area contributed by atoms with Crippen molar-refractivity contribution >= 4 is 22.4 Å². The minimum Gasteiger partial charge on any atom is -0.507 e. The third-order valence-corrected chi connectivity index (χ3v) is 3.44. The SMILES string of the molecule is Cc1cc(N=NC(=O)c2cccnc2)c2c(O)cccc2c1O. The van der Waals surface area contributed by atoms with E-state index < -0.39 is 5.91 Å². The minimum absolute atomic E-state index is 0.0411. The predicted molar refractivity (Wildman–Crippen MR) is 85.1 cm³/mol.